The topological polar surface area (TPSA) is 193 Å². The van der Waals surface area contributed by atoms with Crippen LogP contribution in [0.5, 0.6) is 11.5 Å². The molecule has 0 unspecified atom stereocenters. The molecular formula is C31H18N4O10. The Labute approximate surface area is 252 Å². The standard InChI is InChI=1S/C31H18N4O10/c1-15-22(11-13-24(37)25(15)31(43)45-35-28(40)19-8-4-5-9-20(19)29(35)41)33-32-16-10-12-23(36)21(14-16)30(42)44-34-26(38)17-6-2-3-7-18(17)27(34)39/h2-14,36-37H,1H3. The van der Waals surface area contributed by atoms with Crippen molar-refractivity contribution in [3.05, 3.63) is 118 Å². The number of hydroxylamine groups is 4. The lowest BCUT2D eigenvalue weighted by atomic mass is 10.1. The van der Waals surface area contributed by atoms with Crippen LogP contribution in [-0.4, -0.2) is 55.9 Å². The molecule has 0 saturated heterocycles. The highest BCUT2D eigenvalue weighted by atomic mass is 16.7. The van der Waals surface area contributed by atoms with Gasteiger partial charge in [-0.25, -0.2) is 9.59 Å². The summed E-state index contributed by atoms with van der Waals surface area (Å²) >= 11 is 0. The summed E-state index contributed by atoms with van der Waals surface area (Å²) in [6.07, 6.45) is 0. The molecule has 0 saturated carbocycles. The van der Waals surface area contributed by atoms with Crippen molar-refractivity contribution in [2.24, 2.45) is 10.2 Å². The Morgan fingerprint density at radius 1 is 0.622 bits per heavy atom. The van der Waals surface area contributed by atoms with E-state index in [1.165, 1.54) is 43.3 Å². The van der Waals surface area contributed by atoms with Crippen LogP contribution in [0.3, 0.4) is 0 Å². The first kappa shape index (κ1) is 28.4. The first-order valence-corrected chi connectivity index (χ1v) is 13.0. The third kappa shape index (κ3) is 4.81. The molecule has 6 rings (SSSR count). The number of nitrogens with zero attached hydrogens (tertiary/aromatic N) is 4. The van der Waals surface area contributed by atoms with Crippen LogP contribution in [-0.2, 0) is 9.68 Å². The maximum absolute atomic E-state index is 13.0. The number of benzene rings is 4. The van der Waals surface area contributed by atoms with E-state index in [1.807, 2.05) is 0 Å². The highest BCUT2D eigenvalue weighted by Crippen LogP contribution is 2.33. The van der Waals surface area contributed by atoms with Crippen LogP contribution in [0.1, 0.15) is 67.7 Å². The second-order valence-corrected chi connectivity index (χ2v) is 9.66. The summed E-state index contributed by atoms with van der Waals surface area (Å²) in [6.45, 7) is 1.41. The molecule has 0 aromatic heterocycles. The zero-order chi connectivity index (χ0) is 32.0. The van der Waals surface area contributed by atoms with E-state index in [9.17, 15) is 39.0 Å². The molecule has 2 N–H and O–H groups in total. The van der Waals surface area contributed by atoms with Crippen LogP contribution in [0.2, 0.25) is 0 Å². The van der Waals surface area contributed by atoms with Gasteiger partial charge in [0.15, 0.2) is 0 Å². The van der Waals surface area contributed by atoms with Gasteiger partial charge in [-0.15, -0.1) is 0 Å². The summed E-state index contributed by atoms with van der Waals surface area (Å²) in [5, 5.41) is 29.3. The number of phenols is 2. The van der Waals surface area contributed by atoms with Crippen molar-refractivity contribution < 1.29 is 48.7 Å². The molecule has 0 atom stereocenters. The van der Waals surface area contributed by atoms with Gasteiger partial charge in [-0.1, -0.05) is 34.4 Å². The molecule has 0 spiro atoms. The van der Waals surface area contributed by atoms with E-state index in [1.54, 1.807) is 24.3 Å². The van der Waals surface area contributed by atoms with Crippen LogP contribution in [0.15, 0.2) is 89.1 Å². The van der Waals surface area contributed by atoms with Crippen molar-refractivity contribution in [2.75, 3.05) is 0 Å². The van der Waals surface area contributed by atoms with Crippen molar-refractivity contribution in [1.29, 1.82) is 0 Å². The number of azo groups is 1. The van der Waals surface area contributed by atoms with Crippen LogP contribution in [0.4, 0.5) is 11.4 Å². The van der Waals surface area contributed by atoms with Gasteiger partial charge in [-0.2, -0.15) is 10.2 Å². The smallest absolute Gasteiger partial charge is 0.368 e. The molecule has 2 aliphatic rings. The zero-order valence-corrected chi connectivity index (χ0v) is 23.0. The number of hydrogen-bond acceptors (Lipinski definition) is 12. The fraction of sp³-hybridized carbons (Fsp3) is 0.0323. The van der Waals surface area contributed by atoms with Gasteiger partial charge in [0, 0.05) is 0 Å². The average Bonchev–Trinajstić information content (AvgIpc) is 3.42. The average molecular weight is 607 g/mol. The Balaban J connectivity index is 1.21. The van der Waals surface area contributed by atoms with E-state index in [0.29, 0.717) is 10.1 Å². The second-order valence-electron chi connectivity index (χ2n) is 9.66. The van der Waals surface area contributed by atoms with Crippen molar-refractivity contribution in [3.63, 3.8) is 0 Å². The lowest BCUT2D eigenvalue weighted by molar-refractivity contribution is -0.0586. The van der Waals surface area contributed by atoms with Crippen LogP contribution in [0, 0.1) is 6.92 Å². The molecular weight excluding hydrogens is 588 g/mol. The molecule has 0 fully saturated rings. The minimum Gasteiger partial charge on any atom is -0.507 e. The Morgan fingerprint density at radius 3 is 1.60 bits per heavy atom. The molecule has 2 aliphatic heterocycles. The minimum absolute atomic E-state index is 0.0183. The van der Waals surface area contributed by atoms with E-state index >= 15 is 0 Å². The summed E-state index contributed by atoms with van der Waals surface area (Å²) in [5.74, 6) is -6.87. The number of rotatable bonds is 6. The number of fused-ring (bicyclic) bond motifs is 2. The van der Waals surface area contributed by atoms with Gasteiger partial charge in [0.2, 0.25) is 0 Å². The van der Waals surface area contributed by atoms with Gasteiger partial charge in [0.05, 0.1) is 33.6 Å². The molecule has 45 heavy (non-hydrogen) atoms. The third-order valence-corrected chi connectivity index (χ3v) is 6.95. The summed E-state index contributed by atoms with van der Waals surface area (Å²) < 4.78 is 0. The Kier molecular flexibility index (Phi) is 6.85. The zero-order valence-electron chi connectivity index (χ0n) is 23.0. The van der Waals surface area contributed by atoms with Gasteiger partial charge >= 0.3 is 11.9 Å². The third-order valence-electron chi connectivity index (χ3n) is 6.95. The first-order valence-electron chi connectivity index (χ1n) is 13.0. The molecule has 14 nitrogen and oxygen atoms in total. The number of hydrogen-bond donors (Lipinski definition) is 2. The molecule has 0 bridgehead atoms. The van der Waals surface area contributed by atoms with Crippen molar-refractivity contribution in [2.45, 2.75) is 6.92 Å². The summed E-state index contributed by atoms with van der Waals surface area (Å²) in [4.78, 5) is 86.2. The van der Waals surface area contributed by atoms with Crippen molar-refractivity contribution in [3.8, 4) is 11.5 Å². The first-order chi connectivity index (χ1) is 21.6. The predicted molar refractivity (Wildman–Crippen MR) is 150 cm³/mol. The number of carbonyl (C=O) groups is 6. The summed E-state index contributed by atoms with van der Waals surface area (Å²) in [7, 11) is 0. The molecule has 0 aliphatic carbocycles. The molecule has 222 valence electrons. The van der Waals surface area contributed by atoms with Gasteiger partial charge in [-0.05, 0) is 67.1 Å². The molecule has 2 heterocycles. The van der Waals surface area contributed by atoms with Gasteiger partial charge in [0.25, 0.3) is 23.6 Å². The van der Waals surface area contributed by atoms with E-state index in [2.05, 4.69) is 10.2 Å². The van der Waals surface area contributed by atoms with Crippen molar-refractivity contribution >= 4 is 46.9 Å². The maximum Gasteiger partial charge on any atom is 0.368 e. The predicted octanol–water partition coefficient (Wildman–Crippen LogP) is 4.56. The number of imide groups is 2. The summed E-state index contributed by atoms with van der Waals surface area (Å²) in [5.41, 5.74) is -0.454. The minimum atomic E-state index is -1.22. The highest BCUT2D eigenvalue weighted by molar-refractivity contribution is 6.22. The largest absolute Gasteiger partial charge is 0.507 e. The maximum atomic E-state index is 13.0. The van der Waals surface area contributed by atoms with E-state index in [0.717, 1.165) is 18.2 Å². The van der Waals surface area contributed by atoms with E-state index in [4.69, 9.17) is 9.68 Å². The second kappa shape index (κ2) is 10.9. The van der Waals surface area contributed by atoms with Gasteiger partial charge in [0.1, 0.15) is 22.6 Å². The van der Waals surface area contributed by atoms with Crippen LogP contribution >= 0.6 is 0 Å². The number of carbonyl (C=O) groups excluding carboxylic acids is 6. The summed E-state index contributed by atoms with van der Waals surface area (Å²) in [6, 6.07) is 17.8. The Hall–Kier alpha value is -6.70. The number of aromatic hydroxyl groups is 2. The van der Waals surface area contributed by atoms with Crippen LogP contribution in [0.25, 0.3) is 0 Å². The molecule has 0 radical (unpaired) electrons. The SMILES string of the molecule is Cc1c(N=Nc2ccc(O)c(C(=O)ON3C(=O)c4ccccc4C3=O)c2)ccc(O)c1C(=O)ON1C(=O)c2ccccc2C1=O. The monoisotopic (exact) mass is 606 g/mol. The molecule has 4 aromatic carbocycles. The van der Waals surface area contributed by atoms with Crippen molar-refractivity contribution in [1.82, 2.24) is 10.1 Å². The van der Waals surface area contributed by atoms with Crippen LogP contribution < -0.4 is 0 Å². The normalized spacial score (nSPS) is 13.8. The quantitative estimate of drug-likeness (QED) is 0.232. The Morgan fingerprint density at radius 2 is 1.09 bits per heavy atom. The molecule has 4 amide bonds. The lowest BCUT2D eigenvalue weighted by Gasteiger charge is -2.15. The fourth-order valence-corrected chi connectivity index (χ4v) is 4.67. The number of phenolic OH excluding ortho intramolecular Hbond substituents is 2. The van der Waals surface area contributed by atoms with Gasteiger partial charge < -0.3 is 19.9 Å². The van der Waals surface area contributed by atoms with Gasteiger partial charge in [-0.3, -0.25) is 19.2 Å². The Bertz CT molecular complexity index is 1970. The van der Waals surface area contributed by atoms with E-state index < -0.39 is 52.6 Å². The number of amides is 4. The van der Waals surface area contributed by atoms with E-state index in [-0.39, 0.29) is 44.8 Å². The lowest BCUT2D eigenvalue weighted by Crippen LogP contribution is -2.32. The highest BCUT2D eigenvalue weighted by Gasteiger charge is 2.40. The molecule has 4 aromatic rings. The fourth-order valence-electron chi connectivity index (χ4n) is 4.67. The molecule has 14 heteroatoms.